The Morgan fingerprint density at radius 3 is 2.13 bits per heavy atom. The van der Waals surface area contributed by atoms with Crippen LogP contribution >= 0.6 is 23.2 Å². The first kappa shape index (κ1) is 33.8. The van der Waals surface area contributed by atoms with Gasteiger partial charge in [0.1, 0.15) is 18.3 Å². The third-order valence-electron chi connectivity index (χ3n) is 7.12. The number of anilines is 1. The summed E-state index contributed by atoms with van der Waals surface area (Å²) >= 11 is 12.5. The Labute approximate surface area is 274 Å². The number of ether oxygens (including phenoxy) is 1. The molecule has 11 heteroatoms. The van der Waals surface area contributed by atoms with Crippen LogP contribution < -0.4 is 14.4 Å². The van der Waals surface area contributed by atoms with Gasteiger partial charge in [-0.15, -0.1) is 0 Å². The van der Waals surface area contributed by atoms with Crippen molar-refractivity contribution in [2.24, 2.45) is 0 Å². The Hall–Kier alpha value is -4.05. The number of benzene rings is 4. The van der Waals surface area contributed by atoms with Gasteiger partial charge in [-0.3, -0.25) is 13.9 Å². The molecule has 0 aliphatic heterocycles. The van der Waals surface area contributed by atoms with Gasteiger partial charge < -0.3 is 15.0 Å². The van der Waals surface area contributed by atoms with E-state index in [1.165, 1.54) is 24.1 Å². The topological polar surface area (TPSA) is 96.0 Å². The fourth-order valence-corrected chi connectivity index (χ4v) is 6.59. The van der Waals surface area contributed by atoms with Crippen LogP contribution in [0.5, 0.6) is 5.75 Å². The lowest BCUT2D eigenvalue weighted by Crippen LogP contribution is -2.53. The number of amides is 2. The van der Waals surface area contributed by atoms with Gasteiger partial charge in [-0.05, 0) is 53.9 Å². The van der Waals surface area contributed by atoms with E-state index in [1.54, 1.807) is 60.7 Å². The average Bonchev–Trinajstić information content (AvgIpc) is 3.06. The van der Waals surface area contributed by atoms with E-state index in [1.807, 2.05) is 37.3 Å². The van der Waals surface area contributed by atoms with Gasteiger partial charge in [0.25, 0.3) is 10.0 Å². The van der Waals surface area contributed by atoms with Crippen molar-refractivity contribution in [3.63, 3.8) is 0 Å². The fourth-order valence-electron chi connectivity index (χ4n) is 4.82. The average molecular weight is 669 g/mol. The van der Waals surface area contributed by atoms with Gasteiger partial charge in [0.15, 0.2) is 0 Å². The minimum Gasteiger partial charge on any atom is -0.495 e. The fraction of sp³-hybridized carbons (Fsp3) is 0.235. The molecule has 0 heterocycles. The number of sulfonamides is 1. The summed E-state index contributed by atoms with van der Waals surface area (Å²) in [6.07, 6.45) is 0.894. The van der Waals surface area contributed by atoms with Crippen molar-refractivity contribution in [3.8, 4) is 5.75 Å². The summed E-state index contributed by atoms with van der Waals surface area (Å²) in [6.45, 7) is 1.71. The monoisotopic (exact) mass is 667 g/mol. The summed E-state index contributed by atoms with van der Waals surface area (Å²) in [7, 11) is -2.82. The lowest BCUT2D eigenvalue weighted by Gasteiger charge is -2.34. The molecule has 0 fully saturated rings. The van der Waals surface area contributed by atoms with E-state index < -0.39 is 28.5 Å². The highest BCUT2D eigenvalue weighted by molar-refractivity contribution is 7.92. The van der Waals surface area contributed by atoms with Crippen LogP contribution in [0.3, 0.4) is 0 Å². The Bertz CT molecular complexity index is 1710. The molecule has 236 valence electrons. The smallest absolute Gasteiger partial charge is 0.264 e. The van der Waals surface area contributed by atoms with Crippen LogP contribution in [-0.2, 0) is 32.6 Å². The van der Waals surface area contributed by atoms with Gasteiger partial charge in [0.2, 0.25) is 11.8 Å². The third-order valence-corrected chi connectivity index (χ3v) is 9.63. The second kappa shape index (κ2) is 15.8. The number of halogens is 2. The molecule has 2 amide bonds. The van der Waals surface area contributed by atoms with E-state index >= 15 is 0 Å². The van der Waals surface area contributed by atoms with E-state index in [4.69, 9.17) is 27.9 Å². The van der Waals surface area contributed by atoms with Gasteiger partial charge >= 0.3 is 0 Å². The standard InChI is InChI=1S/C34H35Cl2N3O5S/c1-3-20-37-34(41)31(22-25-12-6-4-7-13-25)38(23-26-18-19-28(35)29(36)21-26)33(40)24-39(30-16-10-11-17-32(30)44-2)45(42,43)27-14-8-5-9-15-27/h4-19,21,31H,3,20,22-24H2,1-2H3,(H,37,41). The molecule has 4 aromatic rings. The highest BCUT2D eigenvalue weighted by Crippen LogP contribution is 2.33. The van der Waals surface area contributed by atoms with Crippen LogP contribution in [0.1, 0.15) is 24.5 Å². The highest BCUT2D eigenvalue weighted by Gasteiger charge is 2.35. The van der Waals surface area contributed by atoms with Gasteiger partial charge in [0.05, 0.1) is 27.7 Å². The van der Waals surface area contributed by atoms with Crippen LogP contribution in [0.25, 0.3) is 0 Å². The SMILES string of the molecule is CCCNC(=O)C(Cc1ccccc1)N(Cc1ccc(Cl)c(Cl)c1)C(=O)CN(c1ccccc1OC)S(=O)(=O)c1ccccc1. The van der Waals surface area contributed by atoms with Gasteiger partial charge in [-0.2, -0.15) is 0 Å². The molecule has 0 radical (unpaired) electrons. The zero-order chi connectivity index (χ0) is 32.4. The van der Waals surface area contributed by atoms with Gasteiger partial charge in [-0.25, -0.2) is 8.42 Å². The van der Waals surface area contributed by atoms with Gasteiger partial charge in [0, 0.05) is 19.5 Å². The molecule has 1 atom stereocenters. The van der Waals surface area contributed by atoms with Crippen LogP contribution in [0, 0.1) is 0 Å². The quantitative estimate of drug-likeness (QED) is 0.169. The zero-order valence-corrected chi connectivity index (χ0v) is 27.4. The molecule has 0 spiro atoms. The summed E-state index contributed by atoms with van der Waals surface area (Å²) in [6, 6.07) is 27.8. The summed E-state index contributed by atoms with van der Waals surface area (Å²) in [5.74, 6) is -0.690. The van der Waals surface area contributed by atoms with E-state index in [9.17, 15) is 18.0 Å². The molecule has 8 nitrogen and oxygen atoms in total. The summed E-state index contributed by atoms with van der Waals surface area (Å²) in [5.41, 5.74) is 1.63. The largest absolute Gasteiger partial charge is 0.495 e. The minimum atomic E-state index is -4.25. The predicted octanol–water partition coefficient (Wildman–Crippen LogP) is 6.36. The Balaban J connectivity index is 1.83. The van der Waals surface area contributed by atoms with E-state index in [2.05, 4.69) is 5.32 Å². The Kier molecular flexibility index (Phi) is 11.9. The normalized spacial score (nSPS) is 11.8. The van der Waals surface area contributed by atoms with E-state index in [0.717, 1.165) is 9.87 Å². The molecule has 0 saturated carbocycles. The van der Waals surface area contributed by atoms with Crippen molar-refractivity contribution < 1.29 is 22.7 Å². The summed E-state index contributed by atoms with van der Waals surface area (Å²) in [4.78, 5) is 29.6. The number of hydrogen-bond acceptors (Lipinski definition) is 5. The second-order valence-electron chi connectivity index (χ2n) is 10.3. The molecule has 45 heavy (non-hydrogen) atoms. The maximum Gasteiger partial charge on any atom is 0.264 e. The van der Waals surface area contributed by atoms with Crippen LogP contribution in [0.4, 0.5) is 5.69 Å². The predicted molar refractivity (Wildman–Crippen MR) is 178 cm³/mol. The molecule has 4 rings (SSSR count). The second-order valence-corrected chi connectivity index (χ2v) is 12.9. The van der Waals surface area contributed by atoms with E-state index in [-0.39, 0.29) is 35.2 Å². The number of carbonyl (C=O) groups excluding carboxylic acids is 2. The molecule has 0 aliphatic rings. The number of methoxy groups -OCH3 is 1. The molecule has 0 aliphatic carbocycles. The number of carbonyl (C=O) groups is 2. The lowest BCUT2D eigenvalue weighted by molar-refractivity contribution is -0.140. The first-order chi connectivity index (χ1) is 21.6. The molecule has 4 aromatic carbocycles. The lowest BCUT2D eigenvalue weighted by atomic mass is 10.0. The molecular weight excluding hydrogens is 633 g/mol. The number of nitrogens with one attached hydrogen (secondary N) is 1. The molecule has 0 saturated heterocycles. The van der Waals surface area contributed by atoms with Crippen LogP contribution in [0.2, 0.25) is 10.0 Å². The van der Waals surface area contributed by atoms with Crippen molar-refractivity contribution >= 4 is 50.7 Å². The number of hydrogen-bond donors (Lipinski definition) is 1. The van der Waals surface area contributed by atoms with Crippen molar-refractivity contribution in [1.29, 1.82) is 0 Å². The van der Waals surface area contributed by atoms with Crippen molar-refractivity contribution in [3.05, 3.63) is 124 Å². The number of para-hydroxylation sites is 2. The minimum absolute atomic E-state index is 0.00117. The molecule has 1 N–H and O–H groups in total. The summed E-state index contributed by atoms with van der Waals surface area (Å²) < 4.78 is 34.8. The van der Waals surface area contributed by atoms with Crippen molar-refractivity contribution in [2.75, 3.05) is 24.5 Å². The zero-order valence-electron chi connectivity index (χ0n) is 25.0. The van der Waals surface area contributed by atoms with Crippen molar-refractivity contribution in [1.82, 2.24) is 10.2 Å². The molecule has 0 aromatic heterocycles. The summed E-state index contributed by atoms with van der Waals surface area (Å²) in [5, 5.41) is 3.56. The molecular formula is C34H35Cl2N3O5S. The maximum absolute atomic E-state index is 14.5. The maximum atomic E-state index is 14.5. The molecule has 1 unspecified atom stereocenters. The highest BCUT2D eigenvalue weighted by atomic mass is 35.5. The Morgan fingerprint density at radius 2 is 1.49 bits per heavy atom. The van der Waals surface area contributed by atoms with Crippen LogP contribution in [-0.4, -0.2) is 51.4 Å². The first-order valence-corrected chi connectivity index (χ1v) is 16.6. The Morgan fingerprint density at radius 1 is 0.844 bits per heavy atom. The van der Waals surface area contributed by atoms with Crippen molar-refractivity contribution in [2.45, 2.75) is 37.2 Å². The van der Waals surface area contributed by atoms with Crippen LogP contribution in [0.15, 0.2) is 108 Å². The first-order valence-electron chi connectivity index (χ1n) is 14.4. The van der Waals surface area contributed by atoms with E-state index in [0.29, 0.717) is 28.6 Å². The molecule has 0 bridgehead atoms. The number of rotatable bonds is 14. The third kappa shape index (κ3) is 8.57. The van der Waals surface area contributed by atoms with Gasteiger partial charge in [-0.1, -0.05) is 96.9 Å². The number of nitrogens with zero attached hydrogens (tertiary/aromatic N) is 2.